The Morgan fingerprint density at radius 1 is 1.14 bits per heavy atom. The van der Waals surface area contributed by atoms with Crippen LogP contribution in [0.25, 0.3) is 0 Å². The first-order valence-electron chi connectivity index (χ1n) is 12.5. The number of ketones is 3. The number of rotatable bonds is 7. The molecule has 0 aromatic heterocycles. The van der Waals surface area contributed by atoms with Crippen molar-refractivity contribution in [2.45, 2.75) is 84.2 Å². The number of phosphoric acid groups is 1. The lowest BCUT2D eigenvalue weighted by atomic mass is 9.46. The average Bonchev–Trinajstić information content (AvgIpc) is 3.04. The number of fused-ring (bicyclic) bond motifs is 5. The predicted molar refractivity (Wildman–Crippen MR) is 124 cm³/mol. The Morgan fingerprint density at radius 2 is 1.86 bits per heavy atom. The fourth-order valence-corrected chi connectivity index (χ4v) is 8.05. The quantitative estimate of drug-likeness (QED) is 0.388. The Kier molecular flexibility index (Phi) is 6.80. The van der Waals surface area contributed by atoms with Crippen molar-refractivity contribution in [3.63, 3.8) is 0 Å². The van der Waals surface area contributed by atoms with Crippen molar-refractivity contribution in [1.29, 1.82) is 0 Å². The maximum Gasteiger partial charge on any atom is 0.470 e. The van der Waals surface area contributed by atoms with Crippen LogP contribution >= 0.6 is 7.82 Å². The van der Waals surface area contributed by atoms with Crippen LogP contribution in [0.4, 0.5) is 0 Å². The second kappa shape index (κ2) is 9.02. The van der Waals surface area contributed by atoms with Crippen LogP contribution in [0.3, 0.4) is 0 Å². The van der Waals surface area contributed by atoms with Crippen LogP contribution in [0.5, 0.6) is 0 Å². The molecule has 10 heteroatoms. The highest BCUT2D eigenvalue weighted by molar-refractivity contribution is 7.46. The highest BCUT2D eigenvalue weighted by Gasteiger charge is 2.70. The summed E-state index contributed by atoms with van der Waals surface area (Å²) in [6.45, 7) is 4.79. The van der Waals surface area contributed by atoms with Gasteiger partial charge in [0.05, 0.1) is 0 Å². The van der Waals surface area contributed by atoms with Crippen LogP contribution in [-0.4, -0.2) is 45.3 Å². The van der Waals surface area contributed by atoms with Gasteiger partial charge in [0, 0.05) is 30.6 Å². The maximum atomic E-state index is 13.8. The lowest BCUT2D eigenvalue weighted by Gasteiger charge is -2.58. The molecule has 3 fully saturated rings. The molecule has 9 nitrogen and oxygen atoms in total. The Hall–Kier alpha value is -1.67. The minimum Gasteiger partial charge on any atom is -0.450 e. The lowest BCUT2D eigenvalue weighted by Crippen LogP contribution is -2.62. The van der Waals surface area contributed by atoms with Gasteiger partial charge in [-0.15, -0.1) is 0 Å². The summed E-state index contributed by atoms with van der Waals surface area (Å²) in [7, 11) is -4.92. The first kappa shape index (κ1) is 26.4. The molecular formula is C25H35O9P. The van der Waals surface area contributed by atoms with Gasteiger partial charge >= 0.3 is 13.8 Å². The smallest absolute Gasteiger partial charge is 0.450 e. The monoisotopic (exact) mass is 510 g/mol. The number of esters is 1. The second-order valence-electron chi connectivity index (χ2n) is 11.2. The number of ether oxygens (including phenoxy) is 1. The minimum absolute atomic E-state index is 0.00211. The molecule has 194 valence electrons. The molecule has 0 aliphatic heterocycles. The molecule has 0 radical (unpaired) electrons. The molecule has 0 amide bonds. The molecule has 4 rings (SSSR count). The molecular weight excluding hydrogens is 475 g/mol. The maximum absolute atomic E-state index is 13.8. The summed E-state index contributed by atoms with van der Waals surface area (Å²) in [6, 6.07) is 0. The van der Waals surface area contributed by atoms with E-state index < -0.39 is 42.6 Å². The molecule has 3 saturated carbocycles. The summed E-state index contributed by atoms with van der Waals surface area (Å²) in [5.74, 6) is -1.57. The Bertz CT molecular complexity index is 1030. The molecule has 0 aromatic rings. The van der Waals surface area contributed by atoms with Crippen LogP contribution < -0.4 is 0 Å². The summed E-state index contributed by atoms with van der Waals surface area (Å²) in [5.41, 5.74) is -2.05. The van der Waals surface area contributed by atoms with Gasteiger partial charge in [-0.3, -0.25) is 23.7 Å². The topological polar surface area (TPSA) is 144 Å². The molecule has 0 bridgehead atoms. The zero-order valence-corrected chi connectivity index (χ0v) is 21.5. The third kappa shape index (κ3) is 4.28. The van der Waals surface area contributed by atoms with Crippen LogP contribution in [0.15, 0.2) is 11.6 Å². The number of allylic oxidation sites excluding steroid dienone is 1. The Labute approximate surface area is 205 Å². The van der Waals surface area contributed by atoms with Crippen LogP contribution in [0, 0.1) is 28.6 Å². The third-order valence-corrected chi connectivity index (χ3v) is 9.80. The van der Waals surface area contributed by atoms with Crippen molar-refractivity contribution >= 4 is 31.1 Å². The van der Waals surface area contributed by atoms with E-state index in [4.69, 9.17) is 14.5 Å². The largest absolute Gasteiger partial charge is 0.470 e. The van der Waals surface area contributed by atoms with Crippen molar-refractivity contribution in [1.82, 2.24) is 0 Å². The SMILES string of the molecule is CCCC(=O)O[C@]1(C(=O)COP(=O)(O)O)CC[C@H]2[C@@H]3CCC4=CC(=O)CC[C@]4(C)[C@H]3C(=O)C[C@@]21C. The summed E-state index contributed by atoms with van der Waals surface area (Å²) in [6.07, 6.45) is 5.54. The van der Waals surface area contributed by atoms with Gasteiger partial charge in [-0.25, -0.2) is 4.57 Å². The molecule has 0 unspecified atom stereocenters. The van der Waals surface area contributed by atoms with Crippen molar-refractivity contribution in [2.75, 3.05) is 6.61 Å². The zero-order valence-electron chi connectivity index (χ0n) is 20.6. The molecule has 4 aliphatic rings. The van der Waals surface area contributed by atoms with Crippen LogP contribution in [0.1, 0.15) is 78.6 Å². The van der Waals surface area contributed by atoms with E-state index in [1.165, 1.54) is 0 Å². The van der Waals surface area contributed by atoms with E-state index in [-0.39, 0.29) is 48.6 Å². The summed E-state index contributed by atoms with van der Waals surface area (Å²) >= 11 is 0. The van der Waals surface area contributed by atoms with Gasteiger partial charge in [0.25, 0.3) is 0 Å². The van der Waals surface area contributed by atoms with Crippen molar-refractivity contribution in [3.8, 4) is 0 Å². The van der Waals surface area contributed by atoms with Crippen LogP contribution in [-0.2, 0) is 33.0 Å². The third-order valence-electron chi connectivity index (χ3n) is 9.33. The van der Waals surface area contributed by atoms with E-state index >= 15 is 0 Å². The fourth-order valence-electron chi connectivity index (χ4n) is 7.76. The van der Waals surface area contributed by atoms with Gasteiger partial charge in [0.15, 0.2) is 11.4 Å². The first-order chi connectivity index (χ1) is 16.3. The fraction of sp³-hybridized carbons (Fsp3) is 0.760. The molecule has 0 aromatic carbocycles. The predicted octanol–water partition coefficient (Wildman–Crippen LogP) is 3.46. The van der Waals surface area contributed by atoms with Gasteiger partial charge in [-0.2, -0.15) is 0 Å². The van der Waals surface area contributed by atoms with Gasteiger partial charge in [-0.05, 0) is 61.9 Å². The van der Waals surface area contributed by atoms with E-state index in [1.54, 1.807) is 6.08 Å². The minimum atomic E-state index is -4.92. The number of hydrogen-bond acceptors (Lipinski definition) is 7. The van der Waals surface area contributed by atoms with Crippen LogP contribution in [0.2, 0.25) is 0 Å². The average molecular weight is 511 g/mol. The molecule has 0 spiro atoms. The highest BCUT2D eigenvalue weighted by atomic mass is 31.2. The van der Waals surface area contributed by atoms with E-state index in [0.29, 0.717) is 38.5 Å². The van der Waals surface area contributed by atoms with Gasteiger partial charge < -0.3 is 14.5 Å². The molecule has 2 N–H and O–H groups in total. The highest BCUT2D eigenvalue weighted by Crippen LogP contribution is 2.67. The van der Waals surface area contributed by atoms with Gasteiger partial charge in [0.2, 0.25) is 5.78 Å². The van der Waals surface area contributed by atoms with E-state index in [1.807, 2.05) is 13.8 Å². The standard InChI is InChI=1S/C25H35O9P/c1-4-5-21(29)34-25(20(28)14-33-35(30,31)32)11-9-18-17-7-6-15-12-16(26)8-10-23(15,2)22(17)19(27)13-24(18,25)3/h12,17-18,22H,4-11,13-14H2,1-3H3,(H2,30,31,32)/t17-,18-,22+,23-,24-,25-/m0/s1. The van der Waals surface area contributed by atoms with Gasteiger partial charge in [0.1, 0.15) is 12.4 Å². The van der Waals surface area contributed by atoms with Crippen molar-refractivity contribution < 1.29 is 42.8 Å². The summed E-state index contributed by atoms with van der Waals surface area (Å²) in [5, 5.41) is 0. The molecule has 4 aliphatic carbocycles. The summed E-state index contributed by atoms with van der Waals surface area (Å²) < 4.78 is 21.7. The Balaban J connectivity index is 1.72. The van der Waals surface area contributed by atoms with E-state index in [9.17, 15) is 23.7 Å². The normalized spacial score (nSPS) is 38.8. The molecule has 0 heterocycles. The molecule has 35 heavy (non-hydrogen) atoms. The van der Waals surface area contributed by atoms with E-state index in [0.717, 1.165) is 5.57 Å². The first-order valence-corrected chi connectivity index (χ1v) is 14.0. The molecule has 6 atom stereocenters. The van der Waals surface area contributed by atoms with E-state index in [2.05, 4.69) is 11.4 Å². The number of Topliss-reactive ketones (excluding diaryl/α,β-unsaturated/α-hetero) is 2. The number of phosphoric ester groups is 1. The number of hydrogen-bond donors (Lipinski definition) is 2. The molecule has 0 saturated heterocycles. The summed E-state index contributed by atoms with van der Waals surface area (Å²) in [4.78, 5) is 70.4. The zero-order chi connectivity index (χ0) is 25.8. The second-order valence-corrected chi connectivity index (χ2v) is 12.4. The van der Waals surface area contributed by atoms with Crippen molar-refractivity contribution in [2.24, 2.45) is 28.6 Å². The number of carbonyl (C=O) groups excluding carboxylic acids is 4. The lowest BCUT2D eigenvalue weighted by molar-refractivity contribution is -0.192. The Morgan fingerprint density at radius 3 is 2.51 bits per heavy atom. The number of carbonyl (C=O) groups is 4. The van der Waals surface area contributed by atoms with Crippen molar-refractivity contribution in [3.05, 3.63) is 11.6 Å². The van der Waals surface area contributed by atoms with Gasteiger partial charge in [-0.1, -0.05) is 26.3 Å².